The van der Waals surface area contributed by atoms with E-state index in [1.165, 1.54) is 18.1 Å². The van der Waals surface area contributed by atoms with E-state index in [9.17, 15) is 4.79 Å². The molecule has 66 valence electrons. The lowest BCUT2D eigenvalue weighted by Crippen LogP contribution is -2.08. The Morgan fingerprint density at radius 3 is 3.08 bits per heavy atom. The number of rotatable bonds is 1. The fraction of sp³-hybridized carbons (Fsp3) is 0.250. The fourth-order valence-corrected chi connectivity index (χ4v) is 1.74. The Labute approximate surface area is 79.5 Å². The van der Waals surface area contributed by atoms with Gasteiger partial charge in [0.15, 0.2) is 11.6 Å². The molecule has 13 heavy (non-hydrogen) atoms. The van der Waals surface area contributed by atoms with Crippen LogP contribution in [0.15, 0.2) is 16.3 Å². The number of aliphatic imine (C=N–C) groups is 1. The number of hydrogen-bond donors (Lipinski definition) is 0. The van der Waals surface area contributed by atoms with Crippen molar-refractivity contribution >= 4 is 29.6 Å². The van der Waals surface area contributed by atoms with Gasteiger partial charge in [-0.3, -0.25) is 4.79 Å². The van der Waals surface area contributed by atoms with Gasteiger partial charge in [0.2, 0.25) is 0 Å². The minimum atomic E-state index is 0.0509. The maximum atomic E-state index is 11.5. The Hall–Kier alpha value is -1.23. The molecule has 1 aromatic rings. The van der Waals surface area contributed by atoms with Crippen molar-refractivity contribution in [1.82, 2.24) is 9.97 Å². The average molecular weight is 193 g/mol. The normalized spacial score (nSPS) is 14.4. The summed E-state index contributed by atoms with van der Waals surface area (Å²) in [7, 11) is 0. The Bertz CT molecular complexity index is 389. The van der Waals surface area contributed by atoms with Gasteiger partial charge in [-0.15, -0.1) is 11.8 Å². The molecule has 0 radical (unpaired) electrons. The Balaban J connectivity index is 2.64. The summed E-state index contributed by atoms with van der Waals surface area (Å²) in [5.74, 6) is 0.547. The van der Waals surface area contributed by atoms with Gasteiger partial charge in [0.05, 0.1) is 5.56 Å². The van der Waals surface area contributed by atoms with Crippen LogP contribution in [0.3, 0.4) is 0 Å². The van der Waals surface area contributed by atoms with Crippen molar-refractivity contribution in [3.63, 3.8) is 0 Å². The molecule has 0 saturated carbocycles. The van der Waals surface area contributed by atoms with Crippen LogP contribution in [-0.2, 0) is 0 Å². The zero-order valence-corrected chi connectivity index (χ0v) is 7.84. The molecular weight excluding hydrogens is 186 g/mol. The van der Waals surface area contributed by atoms with Crippen molar-refractivity contribution in [3.05, 3.63) is 11.9 Å². The number of aromatic nitrogens is 2. The van der Waals surface area contributed by atoms with Crippen LogP contribution in [0.2, 0.25) is 0 Å². The van der Waals surface area contributed by atoms with Crippen LogP contribution in [0.4, 0.5) is 5.82 Å². The summed E-state index contributed by atoms with van der Waals surface area (Å²) in [6.45, 7) is 0. The lowest BCUT2D eigenvalue weighted by atomic mass is 10.1. The number of carbonyl (C=O) groups is 1. The second-order valence-corrected chi connectivity index (χ2v) is 3.32. The van der Waals surface area contributed by atoms with Gasteiger partial charge < -0.3 is 0 Å². The third-order valence-electron chi connectivity index (χ3n) is 1.75. The summed E-state index contributed by atoms with van der Waals surface area (Å²) in [5.41, 5.74) is 0.567. The first-order chi connectivity index (χ1) is 6.33. The standard InChI is InChI=1S/C8H7N3OS/c1-13-8-6-5(12)2-3-9-7(6)10-4-11-8/h3-4H,2H2,1H3. The van der Waals surface area contributed by atoms with Crippen molar-refractivity contribution in [2.75, 3.05) is 6.26 Å². The molecule has 4 nitrogen and oxygen atoms in total. The summed E-state index contributed by atoms with van der Waals surface area (Å²) in [4.78, 5) is 23.5. The first-order valence-electron chi connectivity index (χ1n) is 3.77. The topological polar surface area (TPSA) is 55.2 Å². The number of thioether (sulfide) groups is 1. The van der Waals surface area contributed by atoms with Gasteiger partial charge in [-0.25, -0.2) is 15.0 Å². The molecule has 0 unspecified atom stereocenters. The highest BCUT2D eigenvalue weighted by Crippen LogP contribution is 2.27. The maximum absolute atomic E-state index is 11.5. The molecule has 2 heterocycles. The van der Waals surface area contributed by atoms with E-state index in [4.69, 9.17) is 0 Å². The number of nitrogens with zero attached hydrogens (tertiary/aromatic N) is 3. The Kier molecular flexibility index (Phi) is 2.10. The maximum Gasteiger partial charge on any atom is 0.174 e. The second kappa shape index (κ2) is 3.26. The summed E-state index contributed by atoms with van der Waals surface area (Å²) in [6, 6.07) is 0. The summed E-state index contributed by atoms with van der Waals surface area (Å²) >= 11 is 1.44. The van der Waals surface area contributed by atoms with Crippen LogP contribution in [0.5, 0.6) is 0 Å². The second-order valence-electron chi connectivity index (χ2n) is 2.52. The molecule has 2 rings (SSSR count). The van der Waals surface area contributed by atoms with E-state index in [1.54, 1.807) is 6.21 Å². The van der Waals surface area contributed by atoms with E-state index >= 15 is 0 Å². The minimum absolute atomic E-state index is 0.0509. The van der Waals surface area contributed by atoms with E-state index in [-0.39, 0.29) is 5.78 Å². The molecule has 5 heteroatoms. The number of carbonyl (C=O) groups excluding carboxylic acids is 1. The number of Topliss-reactive ketones (excluding diaryl/α,β-unsaturated/α-hetero) is 1. The molecule has 1 aliphatic heterocycles. The molecule has 0 saturated heterocycles. The number of ketones is 1. The molecule has 0 aliphatic carbocycles. The molecular formula is C8H7N3OS. The van der Waals surface area contributed by atoms with Gasteiger partial charge in [0, 0.05) is 12.6 Å². The summed E-state index contributed by atoms with van der Waals surface area (Å²) in [6.07, 6.45) is 5.25. The zero-order valence-electron chi connectivity index (χ0n) is 7.02. The Morgan fingerprint density at radius 1 is 1.46 bits per heavy atom. The largest absolute Gasteiger partial charge is 0.294 e. The predicted octanol–water partition coefficient (Wildman–Crippen LogP) is 1.49. The highest BCUT2D eigenvalue weighted by Gasteiger charge is 2.19. The van der Waals surface area contributed by atoms with Crippen LogP contribution in [0.25, 0.3) is 0 Å². The lowest BCUT2D eigenvalue weighted by molar-refractivity contribution is 0.0997. The van der Waals surface area contributed by atoms with E-state index in [0.29, 0.717) is 22.8 Å². The van der Waals surface area contributed by atoms with Crippen molar-refractivity contribution in [3.8, 4) is 0 Å². The lowest BCUT2D eigenvalue weighted by Gasteiger charge is -2.09. The van der Waals surface area contributed by atoms with Crippen LogP contribution in [0, 0.1) is 0 Å². The molecule has 0 fully saturated rings. The quantitative estimate of drug-likeness (QED) is 0.501. The minimum Gasteiger partial charge on any atom is -0.294 e. The Morgan fingerprint density at radius 2 is 2.31 bits per heavy atom. The van der Waals surface area contributed by atoms with Crippen LogP contribution in [-0.4, -0.2) is 28.2 Å². The first kappa shape index (κ1) is 8.37. The van der Waals surface area contributed by atoms with E-state index in [1.807, 2.05) is 6.26 Å². The van der Waals surface area contributed by atoms with Crippen LogP contribution in [0.1, 0.15) is 16.8 Å². The molecule has 0 N–H and O–H groups in total. The van der Waals surface area contributed by atoms with E-state index in [2.05, 4.69) is 15.0 Å². The van der Waals surface area contributed by atoms with Crippen molar-refractivity contribution < 1.29 is 4.79 Å². The smallest absolute Gasteiger partial charge is 0.174 e. The van der Waals surface area contributed by atoms with Gasteiger partial charge in [0.25, 0.3) is 0 Å². The molecule has 0 aromatic carbocycles. The number of fused-ring (bicyclic) bond motifs is 1. The molecule has 1 aromatic heterocycles. The van der Waals surface area contributed by atoms with Crippen LogP contribution < -0.4 is 0 Å². The third kappa shape index (κ3) is 1.35. The van der Waals surface area contributed by atoms with E-state index < -0.39 is 0 Å². The van der Waals surface area contributed by atoms with E-state index in [0.717, 1.165) is 0 Å². The van der Waals surface area contributed by atoms with Crippen LogP contribution >= 0.6 is 11.8 Å². The molecule has 0 bridgehead atoms. The molecule has 0 amide bonds. The average Bonchev–Trinajstić information content (AvgIpc) is 2.17. The number of hydrogen-bond acceptors (Lipinski definition) is 5. The molecule has 0 spiro atoms. The monoisotopic (exact) mass is 193 g/mol. The predicted molar refractivity (Wildman–Crippen MR) is 50.9 cm³/mol. The zero-order chi connectivity index (χ0) is 9.26. The first-order valence-corrected chi connectivity index (χ1v) is 5.00. The van der Waals surface area contributed by atoms with Gasteiger partial charge in [0.1, 0.15) is 11.4 Å². The van der Waals surface area contributed by atoms with Gasteiger partial charge in [-0.2, -0.15) is 0 Å². The fourth-order valence-electron chi connectivity index (χ4n) is 1.17. The van der Waals surface area contributed by atoms with Crippen molar-refractivity contribution in [1.29, 1.82) is 0 Å². The van der Waals surface area contributed by atoms with Crippen molar-refractivity contribution in [2.24, 2.45) is 4.99 Å². The highest BCUT2D eigenvalue weighted by molar-refractivity contribution is 7.98. The SMILES string of the molecule is CSc1ncnc2c1C(=O)CC=N2. The van der Waals surface area contributed by atoms with Gasteiger partial charge >= 0.3 is 0 Å². The summed E-state index contributed by atoms with van der Waals surface area (Å²) in [5, 5.41) is 0.715. The highest BCUT2D eigenvalue weighted by atomic mass is 32.2. The van der Waals surface area contributed by atoms with Gasteiger partial charge in [-0.1, -0.05) is 0 Å². The van der Waals surface area contributed by atoms with Gasteiger partial charge in [-0.05, 0) is 6.26 Å². The third-order valence-corrected chi connectivity index (χ3v) is 2.45. The molecule has 1 aliphatic rings. The summed E-state index contributed by atoms with van der Waals surface area (Å²) < 4.78 is 0. The molecule has 0 atom stereocenters. The van der Waals surface area contributed by atoms with Crippen molar-refractivity contribution in [2.45, 2.75) is 11.4 Å².